The molecule has 1 aliphatic rings. The molecule has 0 radical (unpaired) electrons. The number of carbonyl (C=O) groups is 1. The highest BCUT2D eigenvalue weighted by molar-refractivity contribution is 7.84. The molecule has 1 saturated carbocycles. The van der Waals surface area contributed by atoms with Gasteiger partial charge < -0.3 is 10.1 Å². The van der Waals surface area contributed by atoms with Crippen LogP contribution in [0.1, 0.15) is 39.5 Å². The van der Waals surface area contributed by atoms with E-state index in [0.29, 0.717) is 12.6 Å². The minimum atomic E-state index is -0.789. The number of ether oxygens (including phenoxy) is 1. The Balaban J connectivity index is 2.35. The summed E-state index contributed by atoms with van der Waals surface area (Å²) in [6.45, 7) is 5.03. The highest BCUT2D eigenvalue weighted by Gasteiger charge is 2.28. The maximum atomic E-state index is 11.7. The summed E-state index contributed by atoms with van der Waals surface area (Å²) < 4.78 is 16.3. The van der Waals surface area contributed by atoms with Crippen molar-refractivity contribution in [3.05, 3.63) is 0 Å². The van der Waals surface area contributed by atoms with Crippen molar-refractivity contribution < 1.29 is 13.7 Å². The Labute approximate surface area is 112 Å². The van der Waals surface area contributed by atoms with E-state index in [0.717, 1.165) is 32.2 Å². The summed E-state index contributed by atoms with van der Waals surface area (Å²) in [5, 5.41) is 3.59. The van der Waals surface area contributed by atoms with E-state index < -0.39 is 10.8 Å². The molecule has 0 aliphatic heterocycles. The van der Waals surface area contributed by atoms with Crippen LogP contribution in [0.5, 0.6) is 0 Å². The maximum absolute atomic E-state index is 11.7. The summed E-state index contributed by atoms with van der Waals surface area (Å²) in [5.41, 5.74) is 0. The quantitative estimate of drug-likeness (QED) is 0.746. The van der Waals surface area contributed by atoms with Gasteiger partial charge in [-0.25, -0.2) is 0 Å². The molecule has 0 bridgehead atoms. The Morgan fingerprint density at radius 2 is 2.22 bits per heavy atom. The van der Waals surface area contributed by atoms with Crippen LogP contribution in [0.4, 0.5) is 0 Å². The number of esters is 1. The third-order valence-electron chi connectivity index (χ3n) is 3.55. The second-order valence-corrected chi connectivity index (χ2v) is 6.83. The Bertz CT molecular complexity index is 296. The van der Waals surface area contributed by atoms with Gasteiger partial charge in [0.15, 0.2) is 0 Å². The molecule has 4 atom stereocenters. The maximum Gasteiger partial charge on any atom is 0.308 e. The van der Waals surface area contributed by atoms with E-state index in [-0.39, 0.29) is 17.1 Å². The first kappa shape index (κ1) is 15.6. The smallest absolute Gasteiger partial charge is 0.308 e. The number of rotatable bonds is 6. The molecule has 0 heterocycles. The Hall–Kier alpha value is -0.420. The lowest BCUT2D eigenvalue weighted by atomic mass is 9.85. The third kappa shape index (κ3) is 5.06. The third-order valence-corrected chi connectivity index (χ3v) is 4.85. The monoisotopic (exact) mass is 275 g/mol. The van der Waals surface area contributed by atoms with E-state index in [4.69, 9.17) is 4.74 Å². The zero-order valence-electron chi connectivity index (χ0n) is 11.6. The molecule has 106 valence electrons. The fraction of sp³-hybridized carbons (Fsp3) is 0.923. The predicted octanol–water partition coefficient (Wildman–Crippen LogP) is 1.46. The van der Waals surface area contributed by atoms with E-state index in [1.165, 1.54) is 0 Å². The van der Waals surface area contributed by atoms with Crippen LogP contribution in [0.3, 0.4) is 0 Å². The SMILES string of the molecule is CCOC(=O)C1CCCC(NCC(C)S(C)=O)C1. The van der Waals surface area contributed by atoms with Crippen LogP contribution in [0.15, 0.2) is 0 Å². The first-order chi connectivity index (χ1) is 8.54. The molecule has 0 aromatic rings. The lowest BCUT2D eigenvalue weighted by molar-refractivity contribution is -0.149. The van der Waals surface area contributed by atoms with Crippen molar-refractivity contribution >= 4 is 16.8 Å². The van der Waals surface area contributed by atoms with Gasteiger partial charge in [-0.2, -0.15) is 0 Å². The van der Waals surface area contributed by atoms with Gasteiger partial charge in [0.1, 0.15) is 0 Å². The van der Waals surface area contributed by atoms with Crippen LogP contribution >= 0.6 is 0 Å². The van der Waals surface area contributed by atoms with Gasteiger partial charge in [-0.1, -0.05) is 6.42 Å². The fourth-order valence-corrected chi connectivity index (χ4v) is 2.63. The molecule has 1 N–H and O–H groups in total. The molecule has 5 heteroatoms. The topological polar surface area (TPSA) is 55.4 Å². The van der Waals surface area contributed by atoms with Gasteiger partial charge >= 0.3 is 5.97 Å². The van der Waals surface area contributed by atoms with Gasteiger partial charge in [0, 0.05) is 34.9 Å². The highest BCUT2D eigenvalue weighted by Crippen LogP contribution is 2.25. The fourth-order valence-electron chi connectivity index (χ4n) is 2.30. The van der Waals surface area contributed by atoms with E-state index in [1.807, 2.05) is 13.8 Å². The van der Waals surface area contributed by atoms with Crippen molar-refractivity contribution in [3.63, 3.8) is 0 Å². The van der Waals surface area contributed by atoms with Crippen molar-refractivity contribution in [1.29, 1.82) is 0 Å². The Morgan fingerprint density at radius 1 is 1.50 bits per heavy atom. The first-order valence-electron chi connectivity index (χ1n) is 6.76. The van der Waals surface area contributed by atoms with Gasteiger partial charge in [0.05, 0.1) is 12.5 Å². The second kappa shape index (κ2) is 7.89. The zero-order valence-corrected chi connectivity index (χ0v) is 12.4. The van der Waals surface area contributed by atoms with Gasteiger partial charge in [0.25, 0.3) is 0 Å². The van der Waals surface area contributed by atoms with Crippen LogP contribution in [0, 0.1) is 5.92 Å². The Kier molecular flexibility index (Phi) is 6.86. The second-order valence-electron chi connectivity index (χ2n) is 5.03. The largest absolute Gasteiger partial charge is 0.466 e. The van der Waals surface area contributed by atoms with Gasteiger partial charge in [-0.3, -0.25) is 9.00 Å². The van der Waals surface area contributed by atoms with Gasteiger partial charge in [-0.05, 0) is 33.1 Å². The van der Waals surface area contributed by atoms with Crippen molar-refractivity contribution in [2.45, 2.75) is 50.8 Å². The highest BCUT2D eigenvalue weighted by atomic mass is 32.2. The number of carbonyl (C=O) groups excluding carboxylic acids is 1. The van der Waals surface area contributed by atoms with E-state index in [1.54, 1.807) is 6.26 Å². The molecule has 0 spiro atoms. The molecule has 0 saturated heterocycles. The summed E-state index contributed by atoms with van der Waals surface area (Å²) in [6.07, 6.45) is 5.67. The molecular formula is C13H25NO3S. The molecule has 18 heavy (non-hydrogen) atoms. The molecule has 1 rings (SSSR count). The summed E-state index contributed by atoms with van der Waals surface area (Å²) in [5.74, 6) is -0.0188. The van der Waals surface area contributed by atoms with Crippen molar-refractivity contribution in [2.24, 2.45) is 5.92 Å². The lowest BCUT2D eigenvalue weighted by Gasteiger charge is -2.29. The summed E-state index contributed by atoms with van der Waals surface area (Å²) in [7, 11) is -0.789. The molecule has 4 unspecified atom stereocenters. The average molecular weight is 275 g/mol. The van der Waals surface area contributed by atoms with Crippen LogP contribution in [0.2, 0.25) is 0 Å². The standard InChI is InChI=1S/C13H25NO3S/c1-4-17-13(15)11-6-5-7-12(8-11)14-9-10(2)18(3)16/h10-12,14H,4-9H2,1-3H3. The van der Waals surface area contributed by atoms with Crippen LogP contribution in [0.25, 0.3) is 0 Å². The normalized spacial score (nSPS) is 27.5. The molecule has 1 aliphatic carbocycles. The van der Waals surface area contributed by atoms with E-state index >= 15 is 0 Å². The molecular weight excluding hydrogens is 250 g/mol. The molecule has 0 amide bonds. The summed E-state index contributed by atoms with van der Waals surface area (Å²) in [6, 6.07) is 0.360. The van der Waals surface area contributed by atoms with Crippen LogP contribution < -0.4 is 5.32 Å². The summed E-state index contributed by atoms with van der Waals surface area (Å²) >= 11 is 0. The van der Waals surface area contributed by atoms with Gasteiger partial charge in [-0.15, -0.1) is 0 Å². The molecule has 0 aromatic heterocycles. The van der Waals surface area contributed by atoms with Crippen molar-refractivity contribution in [2.75, 3.05) is 19.4 Å². The zero-order chi connectivity index (χ0) is 13.5. The molecule has 4 nitrogen and oxygen atoms in total. The minimum absolute atomic E-state index is 0.0404. The summed E-state index contributed by atoms with van der Waals surface area (Å²) in [4.78, 5) is 11.7. The van der Waals surface area contributed by atoms with E-state index in [9.17, 15) is 9.00 Å². The number of hydrogen-bond acceptors (Lipinski definition) is 4. The van der Waals surface area contributed by atoms with Crippen LogP contribution in [-0.4, -0.2) is 40.9 Å². The van der Waals surface area contributed by atoms with Crippen LogP contribution in [-0.2, 0) is 20.3 Å². The van der Waals surface area contributed by atoms with Crippen molar-refractivity contribution in [1.82, 2.24) is 5.32 Å². The minimum Gasteiger partial charge on any atom is -0.466 e. The molecule has 1 fully saturated rings. The number of nitrogens with one attached hydrogen (secondary N) is 1. The van der Waals surface area contributed by atoms with Crippen molar-refractivity contribution in [3.8, 4) is 0 Å². The first-order valence-corrected chi connectivity index (χ1v) is 8.39. The molecule has 0 aromatic carbocycles. The van der Waals surface area contributed by atoms with E-state index in [2.05, 4.69) is 5.32 Å². The Morgan fingerprint density at radius 3 is 2.83 bits per heavy atom. The predicted molar refractivity (Wildman–Crippen MR) is 73.9 cm³/mol. The average Bonchev–Trinajstić information content (AvgIpc) is 2.36. The number of hydrogen-bond donors (Lipinski definition) is 1. The lowest BCUT2D eigenvalue weighted by Crippen LogP contribution is -2.40. The van der Waals surface area contributed by atoms with Gasteiger partial charge in [0.2, 0.25) is 0 Å².